The van der Waals surface area contributed by atoms with Crippen molar-refractivity contribution in [1.82, 2.24) is 0 Å². The molecule has 0 heterocycles. The van der Waals surface area contributed by atoms with Gasteiger partial charge in [-0.1, -0.05) is 12.1 Å². The maximum absolute atomic E-state index is 13.8. The number of halogens is 2. The molecule has 3 N–H and O–H groups in total. The Balaban J connectivity index is 2.75. The molecule has 0 saturated carbocycles. The minimum absolute atomic E-state index is 0.0632. The van der Waals surface area contributed by atoms with Gasteiger partial charge in [0.05, 0.1) is 18.4 Å². The van der Waals surface area contributed by atoms with Crippen LogP contribution in [0.4, 0.5) is 14.5 Å². The van der Waals surface area contributed by atoms with Gasteiger partial charge in [-0.05, 0) is 23.8 Å². The standard InChI is InChI=1S/C14H11F2NO3/c1-20-13-10(16)6-9(11(12(13)17)14(18)19)7-2-4-8(15)5-3-7/h2-6H,17H2,1H3,(H,18,19). The first-order chi connectivity index (χ1) is 9.45. The summed E-state index contributed by atoms with van der Waals surface area (Å²) in [5, 5.41) is 9.24. The zero-order valence-corrected chi connectivity index (χ0v) is 10.5. The largest absolute Gasteiger partial charge is 0.492 e. The number of hydrogen-bond donors (Lipinski definition) is 2. The highest BCUT2D eigenvalue weighted by molar-refractivity contribution is 6.02. The molecule has 0 bridgehead atoms. The van der Waals surface area contributed by atoms with Gasteiger partial charge in [0.15, 0.2) is 11.6 Å². The monoisotopic (exact) mass is 279 g/mol. The fraction of sp³-hybridized carbons (Fsp3) is 0.0714. The van der Waals surface area contributed by atoms with Crippen molar-refractivity contribution in [2.24, 2.45) is 0 Å². The molecule has 6 heteroatoms. The summed E-state index contributed by atoms with van der Waals surface area (Å²) in [5.41, 5.74) is 5.46. The van der Waals surface area contributed by atoms with Crippen LogP contribution in [0.1, 0.15) is 10.4 Å². The van der Waals surface area contributed by atoms with Gasteiger partial charge in [-0.2, -0.15) is 0 Å². The molecule has 0 aliphatic rings. The normalized spacial score (nSPS) is 10.3. The van der Waals surface area contributed by atoms with E-state index in [1.807, 2.05) is 0 Å². The van der Waals surface area contributed by atoms with E-state index in [9.17, 15) is 18.7 Å². The molecule has 0 aliphatic carbocycles. The number of rotatable bonds is 3. The molecule has 2 aromatic rings. The van der Waals surface area contributed by atoms with E-state index < -0.39 is 17.6 Å². The first-order valence-corrected chi connectivity index (χ1v) is 5.61. The van der Waals surface area contributed by atoms with Crippen molar-refractivity contribution in [3.05, 3.63) is 47.5 Å². The van der Waals surface area contributed by atoms with Gasteiger partial charge in [0.25, 0.3) is 0 Å². The maximum atomic E-state index is 13.8. The van der Waals surface area contributed by atoms with Crippen LogP contribution < -0.4 is 10.5 Å². The zero-order chi connectivity index (χ0) is 14.9. The van der Waals surface area contributed by atoms with Crippen LogP contribution in [0.2, 0.25) is 0 Å². The number of benzene rings is 2. The molecule has 0 saturated heterocycles. The molecule has 2 rings (SSSR count). The molecule has 0 aliphatic heterocycles. The van der Waals surface area contributed by atoms with E-state index in [1.165, 1.54) is 19.2 Å². The number of carbonyl (C=O) groups is 1. The third-order valence-corrected chi connectivity index (χ3v) is 2.84. The third kappa shape index (κ3) is 2.27. The number of ether oxygens (including phenoxy) is 1. The zero-order valence-electron chi connectivity index (χ0n) is 10.5. The predicted octanol–water partition coefficient (Wildman–Crippen LogP) is 2.92. The minimum atomic E-state index is -1.32. The van der Waals surface area contributed by atoms with E-state index >= 15 is 0 Å². The first-order valence-electron chi connectivity index (χ1n) is 5.61. The quantitative estimate of drug-likeness (QED) is 0.847. The summed E-state index contributed by atoms with van der Waals surface area (Å²) in [6.07, 6.45) is 0. The van der Waals surface area contributed by atoms with Gasteiger partial charge in [-0.25, -0.2) is 13.6 Å². The molecule has 0 radical (unpaired) electrons. The molecular formula is C14H11F2NO3. The summed E-state index contributed by atoms with van der Waals surface area (Å²) in [5.74, 6) is -2.91. The van der Waals surface area contributed by atoms with E-state index in [2.05, 4.69) is 0 Å². The predicted molar refractivity (Wildman–Crippen MR) is 69.7 cm³/mol. The molecule has 0 atom stereocenters. The van der Waals surface area contributed by atoms with Gasteiger partial charge in [-0.15, -0.1) is 0 Å². The van der Waals surface area contributed by atoms with Crippen LogP contribution >= 0.6 is 0 Å². The average Bonchev–Trinajstić information content (AvgIpc) is 2.38. The van der Waals surface area contributed by atoms with Gasteiger partial charge in [0.1, 0.15) is 5.82 Å². The SMILES string of the molecule is COc1c(F)cc(-c2ccc(F)cc2)c(C(=O)O)c1N. The number of carboxylic acids is 1. The maximum Gasteiger partial charge on any atom is 0.338 e. The van der Waals surface area contributed by atoms with Gasteiger partial charge in [-0.3, -0.25) is 0 Å². The van der Waals surface area contributed by atoms with Crippen LogP contribution in [0.25, 0.3) is 11.1 Å². The smallest absolute Gasteiger partial charge is 0.338 e. The van der Waals surface area contributed by atoms with Gasteiger partial charge in [0, 0.05) is 5.56 Å². The second kappa shape index (κ2) is 5.16. The average molecular weight is 279 g/mol. The van der Waals surface area contributed by atoms with Crippen molar-refractivity contribution < 1.29 is 23.4 Å². The number of anilines is 1. The van der Waals surface area contributed by atoms with E-state index in [4.69, 9.17) is 10.5 Å². The molecule has 104 valence electrons. The van der Waals surface area contributed by atoms with Crippen molar-refractivity contribution in [2.45, 2.75) is 0 Å². The first kappa shape index (κ1) is 13.8. The lowest BCUT2D eigenvalue weighted by molar-refractivity contribution is 0.0698. The second-order valence-electron chi connectivity index (χ2n) is 4.04. The fourth-order valence-electron chi connectivity index (χ4n) is 1.95. The number of methoxy groups -OCH3 is 1. The van der Waals surface area contributed by atoms with Crippen LogP contribution in [0.5, 0.6) is 5.75 Å². The van der Waals surface area contributed by atoms with Crippen molar-refractivity contribution in [3.63, 3.8) is 0 Å². The summed E-state index contributed by atoms with van der Waals surface area (Å²) >= 11 is 0. The van der Waals surface area contributed by atoms with E-state index in [-0.39, 0.29) is 22.6 Å². The summed E-state index contributed by atoms with van der Waals surface area (Å²) in [6.45, 7) is 0. The lowest BCUT2D eigenvalue weighted by Crippen LogP contribution is -2.08. The third-order valence-electron chi connectivity index (χ3n) is 2.84. The second-order valence-corrected chi connectivity index (χ2v) is 4.04. The van der Waals surface area contributed by atoms with Crippen LogP contribution in [0, 0.1) is 11.6 Å². The highest BCUT2D eigenvalue weighted by Crippen LogP contribution is 2.36. The lowest BCUT2D eigenvalue weighted by atomic mass is 9.97. The molecule has 0 aromatic heterocycles. The minimum Gasteiger partial charge on any atom is -0.492 e. The van der Waals surface area contributed by atoms with E-state index in [0.29, 0.717) is 5.56 Å². The molecular weight excluding hydrogens is 268 g/mol. The van der Waals surface area contributed by atoms with Crippen LogP contribution in [0.3, 0.4) is 0 Å². The molecule has 0 amide bonds. The highest BCUT2D eigenvalue weighted by Gasteiger charge is 2.22. The Labute approximate surface area is 113 Å². The Morgan fingerprint density at radius 1 is 1.25 bits per heavy atom. The molecule has 20 heavy (non-hydrogen) atoms. The van der Waals surface area contributed by atoms with Crippen molar-refractivity contribution in [2.75, 3.05) is 12.8 Å². The summed E-state index contributed by atoms with van der Waals surface area (Å²) < 4.78 is 31.5. The summed E-state index contributed by atoms with van der Waals surface area (Å²) in [6, 6.07) is 6.01. The topological polar surface area (TPSA) is 72.5 Å². The van der Waals surface area contributed by atoms with Crippen LogP contribution in [-0.2, 0) is 0 Å². The Morgan fingerprint density at radius 2 is 1.85 bits per heavy atom. The fourth-order valence-corrected chi connectivity index (χ4v) is 1.95. The molecule has 4 nitrogen and oxygen atoms in total. The highest BCUT2D eigenvalue weighted by atomic mass is 19.1. The Bertz CT molecular complexity index is 669. The summed E-state index contributed by atoms with van der Waals surface area (Å²) in [4.78, 5) is 11.3. The molecule has 2 aromatic carbocycles. The molecule has 0 unspecified atom stereocenters. The lowest BCUT2D eigenvalue weighted by Gasteiger charge is -2.13. The number of aromatic carboxylic acids is 1. The Hall–Kier alpha value is -2.63. The van der Waals surface area contributed by atoms with Crippen molar-refractivity contribution in [3.8, 4) is 16.9 Å². The van der Waals surface area contributed by atoms with Gasteiger partial charge >= 0.3 is 5.97 Å². The number of hydrogen-bond acceptors (Lipinski definition) is 3. The van der Waals surface area contributed by atoms with Crippen LogP contribution in [0.15, 0.2) is 30.3 Å². The van der Waals surface area contributed by atoms with Crippen molar-refractivity contribution in [1.29, 1.82) is 0 Å². The van der Waals surface area contributed by atoms with Crippen molar-refractivity contribution >= 4 is 11.7 Å². The van der Waals surface area contributed by atoms with E-state index in [1.54, 1.807) is 0 Å². The van der Waals surface area contributed by atoms with E-state index in [0.717, 1.165) is 18.2 Å². The number of nitrogen functional groups attached to an aromatic ring is 1. The Kier molecular flexibility index (Phi) is 3.56. The van der Waals surface area contributed by atoms with Crippen LogP contribution in [-0.4, -0.2) is 18.2 Å². The Morgan fingerprint density at radius 3 is 2.35 bits per heavy atom. The number of nitrogens with two attached hydrogens (primary N) is 1. The van der Waals surface area contributed by atoms with Gasteiger partial charge < -0.3 is 15.6 Å². The molecule has 0 spiro atoms. The molecule has 0 fully saturated rings. The summed E-state index contributed by atoms with van der Waals surface area (Å²) in [7, 11) is 1.19. The number of carboxylic acid groups (broad SMARTS) is 1. The van der Waals surface area contributed by atoms with Gasteiger partial charge in [0.2, 0.25) is 0 Å².